The molecule has 4 heteroatoms. The van der Waals surface area contributed by atoms with Gasteiger partial charge in [-0.25, -0.2) is 0 Å². The van der Waals surface area contributed by atoms with E-state index >= 15 is 0 Å². The van der Waals surface area contributed by atoms with Crippen molar-refractivity contribution in [3.8, 4) is 22.6 Å². The molecule has 0 spiro atoms. The van der Waals surface area contributed by atoms with Crippen LogP contribution in [0, 0.1) is 0 Å². The van der Waals surface area contributed by atoms with Crippen LogP contribution < -0.4 is 26.0 Å². The Morgan fingerprint density at radius 1 is 0.500 bits per heavy atom. The Morgan fingerprint density at radius 2 is 1.20 bits per heavy atom. The molecule has 0 unspecified atom stereocenters. The van der Waals surface area contributed by atoms with Crippen molar-refractivity contribution >= 4 is 62.1 Å². The van der Waals surface area contributed by atoms with Crippen molar-refractivity contribution in [2.45, 2.75) is 0 Å². The summed E-state index contributed by atoms with van der Waals surface area (Å²) < 4.78 is 12.6. The van der Waals surface area contributed by atoms with E-state index in [0.717, 1.165) is 55.9 Å². The van der Waals surface area contributed by atoms with Gasteiger partial charge in [0, 0.05) is 27.7 Å². The lowest BCUT2D eigenvalue weighted by molar-refractivity contribution is 0.487. The maximum atomic E-state index is 6.48. The molecule has 0 radical (unpaired) electrons. The van der Waals surface area contributed by atoms with Crippen molar-refractivity contribution in [2.75, 3.05) is 4.90 Å². The first-order chi connectivity index (χ1) is 19.8. The standard InChI is InChI=1S/C36H22BNO2/c1-5-14-29(24(10-1)23-20-21-33-26(22-23)25-11-2-7-17-32(25)39-33)38-30-15-6-3-12-27(30)37-28-13-4-8-18-34(28)40-35-19-9-16-31(38)36(35)37/h1-22H. The van der Waals surface area contributed by atoms with E-state index in [0.29, 0.717) is 0 Å². The smallest absolute Gasteiger partial charge is 0.256 e. The van der Waals surface area contributed by atoms with Crippen LogP contribution >= 0.6 is 0 Å². The maximum Gasteiger partial charge on any atom is 0.256 e. The Kier molecular flexibility index (Phi) is 4.41. The van der Waals surface area contributed by atoms with Gasteiger partial charge in [-0.05, 0) is 70.5 Å². The van der Waals surface area contributed by atoms with Crippen LogP contribution in [0.1, 0.15) is 0 Å². The number of benzene rings is 6. The second-order valence-corrected chi connectivity index (χ2v) is 10.5. The van der Waals surface area contributed by atoms with Gasteiger partial charge in [0.05, 0.1) is 5.69 Å². The van der Waals surface area contributed by atoms with Crippen molar-refractivity contribution in [1.82, 2.24) is 0 Å². The number of hydrogen-bond donors (Lipinski definition) is 0. The van der Waals surface area contributed by atoms with Gasteiger partial charge in [-0.1, -0.05) is 84.9 Å². The lowest BCUT2D eigenvalue weighted by atomic mass is 9.34. The summed E-state index contributed by atoms with van der Waals surface area (Å²) in [5.74, 6) is 1.85. The number of furan rings is 1. The van der Waals surface area contributed by atoms with Crippen LogP contribution in [0.15, 0.2) is 138 Å². The van der Waals surface area contributed by atoms with E-state index in [9.17, 15) is 0 Å². The summed E-state index contributed by atoms with van der Waals surface area (Å²) in [6.07, 6.45) is 0. The highest BCUT2D eigenvalue weighted by molar-refractivity contribution is 6.99. The van der Waals surface area contributed by atoms with Gasteiger partial charge in [0.2, 0.25) is 0 Å². The second kappa shape index (κ2) is 8.14. The Labute approximate surface area is 232 Å². The first-order valence-electron chi connectivity index (χ1n) is 13.6. The molecular formula is C36H22BNO2. The summed E-state index contributed by atoms with van der Waals surface area (Å²) in [6.45, 7) is 0.115. The van der Waals surface area contributed by atoms with Gasteiger partial charge in [0.1, 0.15) is 22.7 Å². The number of nitrogens with zero attached hydrogens (tertiary/aromatic N) is 1. The van der Waals surface area contributed by atoms with E-state index in [1.165, 1.54) is 22.1 Å². The highest BCUT2D eigenvalue weighted by Gasteiger charge is 2.41. The van der Waals surface area contributed by atoms with E-state index in [1.807, 2.05) is 18.2 Å². The van der Waals surface area contributed by atoms with Crippen LogP contribution in [0.5, 0.6) is 11.5 Å². The van der Waals surface area contributed by atoms with Gasteiger partial charge in [-0.2, -0.15) is 0 Å². The van der Waals surface area contributed by atoms with Gasteiger partial charge in [0.15, 0.2) is 0 Å². The fourth-order valence-electron chi connectivity index (χ4n) is 6.65. The fourth-order valence-corrected chi connectivity index (χ4v) is 6.65. The number of fused-ring (bicyclic) bond motifs is 7. The number of ether oxygens (including phenoxy) is 1. The summed E-state index contributed by atoms with van der Waals surface area (Å²) in [6, 6.07) is 47.1. The fraction of sp³-hybridized carbons (Fsp3) is 0. The summed E-state index contributed by atoms with van der Waals surface area (Å²) in [5.41, 5.74) is 11.3. The van der Waals surface area contributed by atoms with Crippen molar-refractivity contribution < 1.29 is 9.15 Å². The van der Waals surface area contributed by atoms with Gasteiger partial charge >= 0.3 is 0 Å². The van der Waals surface area contributed by atoms with Crippen molar-refractivity contribution in [1.29, 1.82) is 0 Å². The van der Waals surface area contributed by atoms with Gasteiger partial charge < -0.3 is 14.1 Å². The Bertz CT molecular complexity index is 2130. The lowest BCUT2D eigenvalue weighted by Gasteiger charge is -2.40. The van der Waals surface area contributed by atoms with Gasteiger partial charge in [-0.15, -0.1) is 0 Å². The number of rotatable bonds is 2. The SMILES string of the molecule is c1ccc2c(c1)Oc1cccc3c1B2c1ccccc1N3c1ccccc1-c1ccc2oc3ccccc3c2c1. The third-order valence-corrected chi connectivity index (χ3v) is 8.34. The molecule has 0 N–H and O–H groups in total. The van der Waals surface area contributed by atoms with Crippen molar-refractivity contribution in [3.63, 3.8) is 0 Å². The molecule has 3 heterocycles. The summed E-state index contributed by atoms with van der Waals surface area (Å²) in [4.78, 5) is 2.41. The quantitative estimate of drug-likeness (QED) is 0.223. The monoisotopic (exact) mass is 511 g/mol. The topological polar surface area (TPSA) is 25.6 Å². The Morgan fingerprint density at radius 3 is 2.15 bits per heavy atom. The first kappa shape index (κ1) is 21.7. The molecule has 0 saturated carbocycles. The van der Waals surface area contributed by atoms with Crippen LogP contribution in [0.4, 0.5) is 17.1 Å². The molecule has 40 heavy (non-hydrogen) atoms. The molecule has 3 nitrogen and oxygen atoms in total. The van der Waals surface area contributed by atoms with Crippen LogP contribution in [0.25, 0.3) is 33.1 Å². The lowest BCUT2D eigenvalue weighted by Crippen LogP contribution is -2.59. The minimum absolute atomic E-state index is 0.115. The largest absolute Gasteiger partial charge is 0.458 e. The molecule has 0 saturated heterocycles. The molecule has 7 aromatic rings. The van der Waals surface area contributed by atoms with E-state index in [1.54, 1.807) is 0 Å². The average Bonchev–Trinajstić information content (AvgIpc) is 3.39. The molecule has 2 aliphatic heterocycles. The molecule has 6 aromatic carbocycles. The summed E-state index contributed by atoms with van der Waals surface area (Å²) in [5, 5.41) is 2.26. The number of hydrogen-bond acceptors (Lipinski definition) is 3. The Balaban J connectivity index is 1.30. The Hall–Kier alpha value is -5.22. The van der Waals surface area contributed by atoms with E-state index in [4.69, 9.17) is 9.15 Å². The van der Waals surface area contributed by atoms with E-state index in [-0.39, 0.29) is 6.71 Å². The zero-order valence-corrected chi connectivity index (χ0v) is 21.5. The molecule has 2 aliphatic rings. The highest BCUT2D eigenvalue weighted by atomic mass is 16.5. The zero-order valence-electron chi connectivity index (χ0n) is 21.5. The van der Waals surface area contributed by atoms with Crippen LogP contribution in [0.3, 0.4) is 0 Å². The molecule has 0 aliphatic carbocycles. The predicted molar refractivity (Wildman–Crippen MR) is 165 cm³/mol. The molecule has 0 atom stereocenters. The molecule has 0 bridgehead atoms. The van der Waals surface area contributed by atoms with E-state index in [2.05, 4.69) is 120 Å². The molecule has 0 amide bonds. The number of para-hydroxylation sites is 4. The van der Waals surface area contributed by atoms with Crippen molar-refractivity contribution in [3.05, 3.63) is 133 Å². The zero-order chi connectivity index (χ0) is 26.2. The van der Waals surface area contributed by atoms with Gasteiger partial charge in [0.25, 0.3) is 6.71 Å². The highest BCUT2D eigenvalue weighted by Crippen LogP contribution is 2.44. The van der Waals surface area contributed by atoms with Gasteiger partial charge in [-0.3, -0.25) is 0 Å². The first-order valence-corrected chi connectivity index (χ1v) is 13.6. The second-order valence-electron chi connectivity index (χ2n) is 10.5. The molecule has 1 aromatic heterocycles. The molecule has 9 rings (SSSR count). The number of anilines is 3. The van der Waals surface area contributed by atoms with Crippen LogP contribution in [0.2, 0.25) is 0 Å². The third-order valence-electron chi connectivity index (χ3n) is 8.34. The third kappa shape index (κ3) is 2.96. The average molecular weight is 511 g/mol. The molecule has 0 fully saturated rings. The maximum absolute atomic E-state index is 6.48. The van der Waals surface area contributed by atoms with Crippen molar-refractivity contribution in [2.24, 2.45) is 0 Å². The normalized spacial score (nSPS) is 13.1. The molecule has 186 valence electrons. The van der Waals surface area contributed by atoms with E-state index < -0.39 is 0 Å². The summed E-state index contributed by atoms with van der Waals surface area (Å²) >= 11 is 0. The minimum atomic E-state index is 0.115. The summed E-state index contributed by atoms with van der Waals surface area (Å²) in [7, 11) is 0. The van der Waals surface area contributed by atoms with Crippen LogP contribution in [-0.2, 0) is 0 Å². The molecular weight excluding hydrogens is 489 g/mol. The minimum Gasteiger partial charge on any atom is -0.458 e. The predicted octanol–water partition coefficient (Wildman–Crippen LogP) is 7.66. The van der Waals surface area contributed by atoms with Crippen LogP contribution in [-0.4, -0.2) is 6.71 Å².